The number of hydrogen-bond donors (Lipinski definition) is 17. The fourth-order valence-corrected chi connectivity index (χ4v) is 16.3. The molecule has 0 unspecified atom stereocenters. The monoisotopic (exact) mass is 2000 g/mol. The number of fused-ring (bicyclic) bond motifs is 1. The van der Waals surface area contributed by atoms with Gasteiger partial charge in [0, 0.05) is 72.1 Å². The van der Waals surface area contributed by atoms with Gasteiger partial charge in [0.05, 0.1) is 97.7 Å². The van der Waals surface area contributed by atoms with Crippen LogP contribution in [0.4, 0.5) is 13.2 Å². The SMILES string of the molecule is Cc1ccc(-c2cc(-c3ccco3)[nH]n2)c(O)c1.Oc1c(-c2cc(-c3ccco3)[nH]n2)ccc2ccccc12.Oc1ccccc1-c1cc(-c2cc(F)ccc2F)n[nH]1.Oc1ccccc1-c1cc(-c2ccccc2)n[nH]1.Oc1ccccc1-c1cc(-c2ccccc2F)[nH]n1.Oc1ccccc1-c1cc(-c2ccccc2O)[nH]n1.Oc1ccccc1-c1cc(-c2ccco2)[nH]n1.Oc1ccccc1-c1cc(-c2cccs2)[nH]n1. The van der Waals surface area contributed by atoms with Gasteiger partial charge in [0.25, 0.3) is 0 Å². The molecule has 25 aromatic rings. The summed E-state index contributed by atoms with van der Waals surface area (Å²) in [4.78, 5) is 1.14. The van der Waals surface area contributed by atoms with Crippen molar-refractivity contribution in [2.45, 2.75) is 6.92 Å². The zero-order valence-electron chi connectivity index (χ0n) is 78.7. The molecule has 736 valence electrons. The molecule has 149 heavy (non-hydrogen) atoms. The molecule has 0 aliphatic carbocycles. The molecule has 25 rings (SSSR count). The summed E-state index contributed by atoms with van der Waals surface area (Å²) in [5, 5.41) is 149. The van der Waals surface area contributed by atoms with Gasteiger partial charge in [0.1, 0.15) is 86.3 Å². The van der Waals surface area contributed by atoms with E-state index in [2.05, 4.69) is 81.6 Å². The van der Waals surface area contributed by atoms with Crippen LogP contribution < -0.4 is 0 Å². The smallest absolute Gasteiger partial charge is 0.151 e. The number of thiophene rings is 1. The number of hydrogen-bond acceptors (Lipinski definition) is 21. The van der Waals surface area contributed by atoms with Crippen LogP contribution in [0.2, 0.25) is 0 Å². The van der Waals surface area contributed by atoms with Gasteiger partial charge in [0.2, 0.25) is 0 Å². The Labute approximate surface area is 851 Å². The molecular weight excluding hydrogens is 1910 g/mol. The summed E-state index contributed by atoms with van der Waals surface area (Å²) in [7, 11) is 0. The number of halogens is 3. The largest absolute Gasteiger partial charge is 0.507 e. The number of phenols is 9. The summed E-state index contributed by atoms with van der Waals surface area (Å²) in [6.07, 6.45) is 4.83. The number of aryl methyl sites for hydroxylation is 1. The Morgan fingerprint density at radius 1 is 0.228 bits per heavy atom. The lowest BCUT2D eigenvalue weighted by molar-refractivity contribution is 0.476. The van der Waals surface area contributed by atoms with Crippen molar-refractivity contribution >= 4 is 22.1 Å². The van der Waals surface area contributed by atoms with Crippen molar-refractivity contribution in [3.05, 3.63) is 441 Å². The van der Waals surface area contributed by atoms with Crippen molar-refractivity contribution in [1.29, 1.82) is 0 Å². The number of nitrogens with one attached hydrogen (secondary N) is 8. The quantitative estimate of drug-likeness (QED) is 0.0427. The molecule has 0 fully saturated rings. The lowest BCUT2D eigenvalue weighted by Crippen LogP contribution is -1.86. The van der Waals surface area contributed by atoms with Crippen LogP contribution in [0, 0.1) is 24.4 Å². The summed E-state index contributed by atoms with van der Waals surface area (Å²) in [5.74, 6) is 2.55. The van der Waals surface area contributed by atoms with Gasteiger partial charge in [-0.3, -0.25) is 40.8 Å². The Hall–Kier alpha value is -20.7. The van der Waals surface area contributed by atoms with Crippen molar-refractivity contribution in [3.8, 4) is 232 Å². The second-order valence-electron chi connectivity index (χ2n) is 33.0. The Morgan fingerprint density at radius 2 is 0.544 bits per heavy atom. The number of nitrogens with zero attached hydrogens (tertiary/aromatic N) is 8. The zero-order valence-corrected chi connectivity index (χ0v) is 79.5. The van der Waals surface area contributed by atoms with E-state index in [9.17, 15) is 59.1 Å². The molecule has 0 saturated heterocycles. The average Bonchev–Trinajstić information content (AvgIpc) is 1.77. The lowest BCUT2D eigenvalue weighted by atomic mass is 10.0. The first-order chi connectivity index (χ1) is 72.7. The minimum atomic E-state index is -0.554. The van der Waals surface area contributed by atoms with E-state index < -0.39 is 11.6 Å². The van der Waals surface area contributed by atoms with Crippen LogP contribution in [0.25, 0.3) is 191 Å². The predicted octanol–water partition coefficient (Wildman–Crippen LogP) is 28.0. The Balaban J connectivity index is 0.000000111. The van der Waals surface area contributed by atoms with Crippen LogP contribution in [0.3, 0.4) is 0 Å². The number of aromatic nitrogens is 16. The number of aromatic amines is 8. The number of para-hydroxylation sites is 7. The Morgan fingerprint density at radius 3 is 0.940 bits per heavy atom. The maximum Gasteiger partial charge on any atom is 0.151 e. The summed E-state index contributed by atoms with van der Waals surface area (Å²) < 4.78 is 56.4. The van der Waals surface area contributed by atoms with Crippen LogP contribution >= 0.6 is 11.3 Å². The number of aromatic hydroxyl groups is 9. The highest BCUT2D eigenvalue weighted by Crippen LogP contribution is 2.42. The van der Waals surface area contributed by atoms with Crippen molar-refractivity contribution in [2.75, 3.05) is 0 Å². The molecule has 32 heteroatoms. The van der Waals surface area contributed by atoms with E-state index in [1.165, 1.54) is 6.07 Å². The van der Waals surface area contributed by atoms with E-state index >= 15 is 0 Å². The number of H-pyrrole nitrogens is 8. The van der Waals surface area contributed by atoms with Gasteiger partial charge < -0.3 is 59.2 Å². The number of furan rings is 3. The molecule has 0 amide bonds. The average molecular weight is 2000 g/mol. The summed E-state index contributed by atoms with van der Waals surface area (Å²) in [6, 6.07) is 115. The zero-order chi connectivity index (χ0) is 103. The van der Waals surface area contributed by atoms with E-state index in [4.69, 9.17) is 13.3 Å². The van der Waals surface area contributed by atoms with Gasteiger partial charge in [-0.15, -0.1) is 11.3 Å². The van der Waals surface area contributed by atoms with E-state index in [1.807, 2.05) is 225 Å². The maximum atomic E-state index is 13.7. The minimum Gasteiger partial charge on any atom is -0.507 e. The third-order valence-electron chi connectivity index (χ3n) is 23.1. The molecule has 0 atom stereocenters. The van der Waals surface area contributed by atoms with Crippen molar-refractivity contribution in [2.24, 2.45) is 0 Å². The molecule has 0 aliphatic heterocycles. The number of phenolic OH excluding ortho intramolecular Hbond substituents is 9. The number of benzene rings is 13. The van der Waals surface area contributed by atoms with Gasteiger partial charge in [-0.1, -0.05) is 170 Å². The molecule has 28 nitrogen and oxygen atoms in total. The molecule has 12 heterocycles. The van der Waals surface area contributed by atoms with Crippen LogP contribution in [0.5, 0.6) is 51.7 Å². The minimum absolute atomic E-state index is 0.0721. The molecule has 12 aromatic heterocycles. The second-order valence-corrected chi connectivity index (χ2v) is 34.0. The van der Waals surface area contributed by atoms with Crippen molar-refractivity contribution in [3.63, 3.8) is 0 Å². The van der Waals surface area contributed by atoms with Gasteiger partial charge in [0.15, 0.2) is 17.3 Å². The van der Waals surface area contributed by atoms with E-state index in [1.54, 1.807) is 188 Å². The highest BCUT2D eigenvalue weighted by Gasteiger charge is 2.21. The molecule has 0 aliphatic rings. The van der Waals surface area contributed by atoms with Gasteiger partial charge in [-0.2, -0.15) is 40.8 Å². The van der Waals surface area contributed by atoms with Crippen molar-refractivity contribution in [1.82, 2.24) is 81.6 Å². The third-order valence-corrected chi connectivity index (χ3v) is 24.0. The third kappa shape index (κ3) is 23.9. The molecule has 0 saturated carbocycles. The van der Waals surface area contributed by atoms with E-state index in [0.29, 0.717) is 95.8 Å². The summed E-state index contributed by atoms with van der Waals surface area (Å²) >= 11 is 1.65. The molecule has 13 aromatic carbocycles. The van der Waals surface area contributed by atoms with Gasteiger partial charge in [-0.25, -0.2) is 13.2 Å². The normalized spacial score (nSPS) is 10.7. The fourth-order valence-electron chi connectivity index (χ4n) is 15.6. The highest BCUT2D eigenvalue weighted by molar-refractivity contribution is 7.13. The van der Waals surface area contributed by atoms with E-state index in [0.717, 1.165) is 107 Å². The maximum absolute atomic E-state index is 13.7. The van der Waals surface area contributed by atoms with Crippen LogP contribution in [0.1, 0.15) is 5.56 Å². The predicted molar refractivity (Wildman–Crippen MR) is 567 cm³/mol. The topological polar surface area (TPSA) is 451 Å². The first kappa shape index (κ1) is 98.5. The van der Waals surface area contributed by atoms with Crippen LogP contribution in [-0.4, -0.2) is 128 Å². The van der Waals surface area contributed by atoms with Crippen LogP contribution in [-0.2, 0) is 0 Å². The van der Waals surface area contributed by atoms with Crippen molar-refractivity contribution < 1.29 is 72.4 Å². The Kier molecular flexibility index (Phi) is 30.7. The summed E-state index contributed by atoms with van der Waals surface area (Å²) in [6.45, 7) is 1.93. The molecular formula is C117H89F3N16O12S. The summed E-state index contributed by atoms with van der Waals surface area (Å²) in [5.41, 5.74) is 19.8. The molecule has 0 radical (unpaired) electrons. The highest BCUT2D eigenvalue weighted by atomic mass is 32.1. The van der Waals surface area contributed by atoms with Crippen LogP contribution in [0.15, 0.2) is 432 Å². The first-order valence-electron chi connectivity index (χ1n) is 46.1. The lowest BCUT2D eigenvalue weighted by Gasteiger charge is -2.05. The van der Waals surface area contributed by atoms with E-state index in [-0.39, 0.29) is 68.8 Å². The molecule has 0 bridgehead atoms. The second kappa shape index (κ2) is 46.4. The molecule has 17 N–H and O–H groups in total. The standard InChI is InChI=1S/C17H12N2O2.C15H10F2N2O.C15H11FN2O.C15H12N2O2.C15H12N2O.C14H12N2O2.C13H10N2O2.C13H10N2OS/c20-17-12-5-2-1-4-11(12)7-8-13(17)14-10-15(19-18-14)16-6-3-9-21-16;16-9-5-6-12(17)11(7-9)14-8-13(18-19-14)10-3-1-2-4-15(10)20;16-12-7-3-1-5-10(12)13-9-14(18-17-13)11-6-2-4-8-15(11)19;18-14-7-3-1-5-10(14)12-9-13(17-16-12)11-6-2-4-8-15(11)19;18-15-9-5-4-8-12(15)14-10-13(16-17-14)11-6-2-1-3-7-11;1-9-4-5-10(13(17)7-9)11-8-12(16-15-11)14-3-2-6-18-14;2*16-12-5-2-1-4-9(12)10-8-11(15-14-10)13-6-3-7-17-13/h1-10,20H,(H,18,19);1-8,20H,(H,18,19);1-9,19H,(H,17,18);1-9,18-19H,(H,16,17);1-10,18H,(H,16,17);2-8,17H,1H3,(H,15,16);2*1-8,16H,(H,14,15). The first-order valence-corrected chi connectivity index (χ1v) is 47.0. The number of rotatable bonds is 16. The molecule has 0 spiro atoms. The van der Waals surface area contributed by atoms with Gasteiger partial charge >= 0.3 is 0 Å². The fraction of sp³-hybridized carbons (Fsp3) is 0.00855. The van der Waals surface area contributed by atoms with Gasteiger partial charge in [-0.05, 0) is 248 Å². The Bertz CT molecular complexity index is 8350.